The van der Waals surface area contributed by atoms with Crippen molar-refractivity contribution in [3.8, 4) is 0 Å². The highest BCUT2D eigenvalue weighted by Crippen LogP contribution is 2.14. The van der Waals surface area contributed by atoms with Crippen LogP contribution in [0.5, 0.6) is 0 Å². The van der Waals surface area contributed by atoms with Crippen molar-refractivity contribution in [2.24, 2.45) is 5.92 Å². The average Bonchev–Trinajstić information content (AvgIpc) is 2.94. The van der Waals surface area contributed by atoms with Crippen LogP contribution in [0.3, 0.4) is 0 Å². The number of hydrogen-bond acceptors (Lipinski definition) is 11. The Morgan fingerprint density at radius 2 is 0.825 bits per heavy atom. The topological polar surface area (TPSA) is 109 Å². The predicted molar refractivity (Wildman–Crippen MR) is 152 cm³/mol. The second kappa shape index (κ2) is 32.6. The van der Waals surface area contributed by atoms with Crippen LogP contribution in [0.1, 0.15) is 53.4 Å². The van der Waals surface area contributed by atoms with Crippen LogP contribution in [0.4, 0.5) is 0 Å². The zero-order chi connectivity index (χ0) is 29.4. The van der Waals surface area contributed by atoms with Crippen molar-refractivity contribution in [1.82, 2.24) is 0 Å². The molecule has 0 saturated heterocycles. The van der Waals surface area contributed by atoms with E-state index < -0.39 is 0 Å². The van der Waals surface area contributed by atoms with Gasteiger partial charge in [0.25, 0.3) is 0 Å². The molecule has 0 aliphatic heterocycles. The molecule has 240 valence electrons. The van der Waals surface area contributed by atoms with Gasteiger partial charge in [-0.15, -0.1) is 0 Å². The molecular formula is C29H58O11. The highest BCUT2D eigenvalue weighted by Gasteiger charge is 2.16. The fourth-order valence-corrected chi connectivity index (χ4v) is 3.24. The molecule has 0 spiro atoms. The zero-order valence-electron chi connectivity index (χ0n) is 25.7. The van der Waals surface area contributed by atoms with E-state index in [9.17, 15) is 4.79 Å². The summed E-state index contributed by atoms with van der Waals surface area (Å²) in [5, 5.41) is 0. The van der Waals surface area contributed by atoms with Crippen molar-refractivity contribution >= 4 is 5.97 Å². The molecule has 0 aliphatic carbocycles. The number of esters is 1. The fourth-order valence-electron chi connectivity index (χ4n) is 3.24. The Hall–Kier alpha value is -0.890. The van der Waals surface area contributed by atoms with Gasteiger partial charge in [0.2, 0.25) is 0 Å². The summed E-state index contributed by atoms with van der Waals surface area (Å²) in [5.41, 5.74) is 0. The van der Waals surface area contributed by atoms with Gasteiger partial charge in [0.1, 0.15) is 6.61 Å². The Bertz CT molecular complexity index is 508. The first kappa shape index (κ1) is 39.1. The summed E-state index contributed by atoms with van der Waals surface area (Å²) in [6, 6.07) is 0. The summed E-state index contributed by atoms with van der Waals surface area (Å²) < 4.78 is 54.2. The minimum absolute atomic E-state index is 0.00131. The van der Waals surface area contributed by atoms with Crippen LogP contribution in [-0.2, 0) is 52.2 Å². The van der Waals surface area contributed by atoms with E-state index in [0.717, 1.165) is 25.7 Å². The lowest BCUT2D eigenvalue weighted by Crippen LogP contribution is -2.20. The van der Waals surface area contributed by atoms with E-state index in [0.29, 0.717) is 112 Å². The van der Waals surface area contributed by atoms with Crippen LogP contribution in [0.15, 0.2) is 0 Å². The molecular weight excluding hydrogens is 524 g/mol. The van der Waals surface area contributed by atoms with Crippen LogP contribution in [0.25, 0.3) is 0 Å². The molecule has 0 aromatic rings. The number of carbonyl (C=O) groups is 1. The Labute approximate surface area is 242 Å². The van der Waals surface area contributed by atoms with Gasteiger partial charge in [-0.1, -0.05) is 26.7 Å². The van der Waals surface area contributed by atoms with E-state index >= 15 is 0 Å². The Morgan fingerprint density at radius 1 is 0.500 bits per heavy atom. The van der Waals surface area contributed by atoms with E-state index in [2.05, 4.69) is 6.92 Å². The summed E-state index contributed by atoms with van der Waals surface area (Å²) >= 11 is 0. The maximum Gasteiger partial charge on any atom is 0.308 e. The molecule has 0 saturated carbocycles. The third-order valence-corrected chi connectivity index (χ3v) is 5.49. The first-order chi connectivity index (χ1) is 19.6. The standard InChI is InChI=1S/C29H58O11/c1-5-7-8-28(6-2)29(30)40-26-24-38-22-20-36-18-16-34-14-12-32-10-9-31-11-13-33-15-17-35-19-21-37-23-25-39-27(3)4/h27-28H,5-26H2,1-4H3. The lowest BCUT2D eigenvalue weighted by molar-refractivity contribution is -0.150. The molecule has 11 heteroatoms. The van der Waals surface area contributed by atoms with Gasteiger partial charge in [-0.05, 0) is 26.7 Å². The highest BCUT2D eigenvalue weighted by molar-refractivity contribution is 5.72. The average molecular weight is 583 g/mol. The van der Waals surface area contributed by atoms with E-state index in [1.54, 1.807) is 0 Å². The van der Waals surface area contributed by atoms with Crippen LogP contribution in [-0.4, -0.2) is 131 Å². The van der Waals surface area contributed by atoms with Crippen LogP contribution in [0, 0.1) is 5.92 Å². The van der Waals surface area contributed by atoms with E-state index in [1.807, 2.05) is 20.8 Å². The lowest BCUT2D eigenvalue weighted by Gasteiger charge is -2.13. The number of ether oxygens (including phenoxy) is 10. The molecule has 0 aliphatic rings. The van der Waals surface area contributed by atoms with Crippen molar-refractivity contribution in [2.75, 3.05) is 119 Å². The normalized spacial score (nSPS) is 12.3. The van der Waals surface area contributed by atoms with Crippen LogP contribution >= 0.6 is 0 Å². The van der Waals surface area contributed by atoms with E-state index in [-0.39, 0.29) is 24.6 Å². The molecule has 0 aromatic carbocycles. The van der Waals surface area contributed by atoms with E-state index in [4.69, 9.17) is 47.4 Å². The smallest absolute Gasteiger partial charge is 0.308 e. The van der Waals surface area contributed by atoms with Crippen molar-refractivity contribution in [2.45, 2.75) is 59.5 Å². The summed E-state index contributed by atoms with van der Waals surface area (Å²) in [7, 11) is 0. The second-order valence-corrected chi connectivity index (χ2v) is 9.23. The molecule has 1 unspecified atom stereocenters. The van der Waals surface area contributed by atoms with Crippen LogP contribution in [0.2, 0.25) is 0 Å². The first-order valence-corrected chi connectivity index (χ1v) is 15.0. The predicted octanol–water partition coefficient (Wildman–Crippen LogP) is 3.30. The minimum atomic E-state index is -0.117. The molecule has 0 radical (unpaired) electrons. The van der Waals surface area contributed by atoms with Crippen molar-refractivity contribution in [1.29, 1.82) is 0 Å². The summed E-state index contributed by atoms with van der Waals surface area (Å²) in [5.74, 6) is -0.116. The molecule has 1 atom stereocenters. The van der Waals surface area contributed by atoms with Gasteiger partial charge in [0, 0.05) is 0 Å². The third-order valence-electron chi connectivity index (χ3n) is 5.49. The summed E-state index contributed by atoms with van der Waals surface area (Å²) in [6.07, 6.45) is 4.08. The molecule has 0 heterocycles. The third kappa shape index (κ3) is 30.1. The summed E-state index contributed by atoms with van der Waals surface area (Å²) in [4.78, 5) is 12.0. The van der Waals surface area contributed by atoms with Crippen LogP contribution < -0.4 is 0 Å². The summed E-state index contributed by atoms with van der Waals surface area (Å²) in [6.45, 7) is 17.1. The molecule has 0 aromatic heterocycles. The van der Waals surface area contributed by atoms with Gasteiger partial charge in [0.15, 0.2) is 0 Å². The lowest BCUT2D eigenvalue weighted by atomic mass is 10.00. The highest BCUT2D eigenvalue weighted by atomic mass is 16.6. The van der Waals surface area contributed by atoms with Gasteiger partial charge in [-0.2, -0.15) is 0 Å². The van der Waals surface area contributed by atoms with Gasteiger partial charge in [0.05, 0.1) is 124 Å². The first-order valence-electron chi connectivity index (χ1n) is 15.0. The molecule has 0 N–H and O–H groups in total. The van der Waals surface area contributed by atoms with Gasteiger partial charge in [-0.3, -0.25) is 4.79 Å². The number of rotatable bonds is 33. The molecule has 11 nitrogen and oxygen atoms in total. The van der Waals surface area contributed by atoms with Crippen molar-refractivity contribution in [3.05, 3.63) is 0 Å². The number of unbranched alkanes of at least 4 members (excludes halogenated alkanes) is 1. The maximum absolute atomic E-state index is 12.0. The number of hydrogen-bond donors (Lipinski definition) is 0. The SMILES string of the molecule is CCCCC(CC)C(=O)OCCOCCOCCOCCOCCOCCOCCOCCOCCOC(C)C. The molecule has 0 fully saturated rings. The quantitative estimate of drug-likeness (QED) is 0.0840. The maximum atomic E-state index is 12.0. The molecule has 0 rings (SSSR count). The number of carbonyl (C=O) groups excluding carboxylic acids is 1. The monoisotopic (exact) mass is 582 g/mol. The second-order valence-electron chi connectivity index (χ2n) is 9.23. The van der Waals surface area contributed by atoms with Gasteiger partial charge < -0.3 is 47.4 Å². The van der Waals surface area contributed by atoms with E-state index in [1.165, 1.54) is 0 Å². The molecule has 0 amide bonds. The Kier molecular flexibility index (Phi) is 31.9. The van der Waals surface area contributed by atoms with Crippen molar-refractivity contribution in [3.63, 3.8) is 0 Å². The Balaban J connectivity index is 3.16. The largest absolute Gasteiger partial charge is 0.463 e. The van der Waals surface area contributed by atoms with Gasteiger partial charge >= 0.3 is 5.97 Å². The fraction of sp³-hybridized carbons (Fsp3) is 0.966. The minimum Gasteiger partial charge on any atom is -0.463 e. The zero-order valence-corrected chi connectivity index (χ0v) is 25.7. The van der Waals surface area contributed by atoms with Crippen molar-refractivity contribution < 1.29 is 52.2 Å². The molecule has 0 bridgehead atoms. The molecule has 40 heavy (non-hydrogen) atoms. The van der Waals surface area contributed by atoms with Gasteiger partial charge in [-0.25, -0.2) is 0 Å². The Morgan fingerprint density at radius 3 is 1.12 bits per heavy atom.